The fraction of sp³-hybridized carbons (Fsp3) is 0.417. The van der Waals surface area contributed by atoms with E-state index in [2.05, 4.69) is 40.6 Å². The van der Waals surface area contributed by atoms with Gasteiger partial charge in [0.1, 0.15) is 5.54 Å². The maximum Gasteiger partial charge on any atom is 0.235 e. The fourth-order valence-electron chi connectivity index (χ4n) is 3.27. The summed E-state index contributed by atoms with van der Waals surface area (Å²) in [6, 6.07) is 22.2. The van der Waals surface area contributed by atoms with Crippen LogP contribution in [0.2, 0.25) is 0 Å². The molecule has 2 aromatic carbocycles. The molecule has 2 N–H and O–H groups in total. The van der Waals surface area contributed by atoms with Crippen molar-refractivity contribution in [1.29, 1.82) is 5.26 Å². The van der Waals surface area contributed by atoms with Crippen molar-refractivity contribution in [3.63, 3.8) is 0 Å². The zero-order valence-corrected chi connectivity index (χ0v) is 17.5. The second kappa shape index (κ2) is 10.8. The van der Waals surface area contributed by atoms with Gasteiger partial charge in [0.15, 0.2) is 0 Å². The lowest BCUT2D eigenvalue weighted by Crippen LogP contribution is -2.52. The highest BCUT2D eigenvalue weighted by Crippen LogP contribution is 2.28. The largest absolute Gasteiger partial charge is 0.396 e. The number of aliphatic hydroxyl groups excluding tert-OH is 1. The maximum absolute atomic E-state index is 12.9. The number of carbonyl (C=O) groups excluding carboxylic acids is 1. The molecule has 0 spiro atoms. The highest BCUT2D eigenvalue weighted by molar-refractivity contribution is 5.79. The van der Waals surface area contributed by atoms with Crippen LogP contribution in [0.15, 0.2) is 60.7 Å². The summed E-state index contributed by atoms with van der Waals surface area (Å²) in [5.74, 6) is -0.209. The summed E-state index contributed by atoms with van der Waals surface area (Å²) in [4.78, 5) is 15.0. The Morgan fingerprint density at radius 1 is 1.10 bits per heavy atom. The molecule has 29 heavy (non-hydrogen) atoms. The second-order valence-electron chi connectivity index (χ2n) is 7.79. The van der Waals surface area contributed by atoms with Gasteiger partial charge >= 0.3 is 0 Å². The van der Waals surface area contributed by atoms with E-state index in [0.717, 1.165) is 11.1 Å². The summed E-state index contributed by atoms with van der Waals surface area (Å²) in [5.41, 5.74) is 1.24. The molecule has 0 aliphatic carbocycles. The average Bonchev–Trinajstić information content (AvgIpc) is 2.73. The van der Waals surface area contributed by atoms with E-state index in [1.165, 1.54) is 0 Å². The number of aliphatic hydroxyl groups is 1. The Kier molecular flexibility index (Phi) is 8.38. The predicted molar refractivity (Wildman–Crippen MR) is 115 cm³/mol. The molecule has 1 unspecified atom stereocenters. The fourth-order valence-corrected chi connectivity index (χ4v) is 3.27. The number of hydrogen-bond donors (Lipinski definition) is 2. The third-order valence-corrected chi connectivity index (χ3v) is 5.33. The molecule has 0 aliphatic heterocycles. The third kappa shape index (κ3) is 6.15. The number of nitriles is 1. The lowest BCUT2D eigenvalue weighted by atomic mass is 9.90. The summed E-state index contributed by atoms with van der Waals surface area (Å²) in [6.07, 6.45) is 0.559. The van der Waals surface area contributed by atoms with Gasteiger partial charge in [-0.25, -0.2) is 0 Å². The van der Waals surface area contributed by atoms with Crippen LogP contribution in [0.4, 0.5) is 0 Å². The quantitative estimate of drug-likeness (QED) is 0.648. The van der Waals surface area contributed by atoms with Gasteiger partial charge in [-0.2, -0.15) is 5.26 Å². The smallest absolute Gasteiger partial charge is 0.235 e. The Labute approximate surface area is 174 Å². The van der Waals surface area contributed by atoms with Crippen LogP contribution in [-0.4, -0.2) is 41.1 Å². The molecule has 0 saturated heterocycles. The molecule has 1 amide bonds. The van der Waals surface area contributed by atoms with Crippen LogP contribution in [0.1, 0.15) is 44.4 Å². The first-order valence-corrected chi connectivity index (χ1v) is 10.1. The second-order valence-corrected chi connectivity index (χ2v) is 7.79. The minimum atomic E-state index is -0.922. The molecular weight excluding hydrogens is 362 g/mol. The van der Waals surface area contributed by atoms with Crippen molar-refractivity contribution in [3.05, 3.63) is 71.8 Å². The van der Waals surface area contributed by atoms with Crippen LogP contribution in [0.5, 0.6) is 0 Å². The summed E-state index contributed by atoms with van der Waals surface area (Å²) in [6.45, 7) is 6.34. The zero-order chi connectivity index (χ0) is 21.3. The molecule has 2 rings (SSSR count). The Hall–Kier alpha value is -2.68. The van der Waals surface area contributed by atoms with Crippen LogP contribution in [-0.2, 0) is 4.79 Å². The van der Waals surface area contributed by atoms with E-state index in [9.17, 15) is 15.2 Å². The number of carbonyl (C=O) groups is 1. The lowest BCUT2D eigenvalue weighted by Gasteiger charge is -2.34. The third-order valence-electron chi connectivity index (χ3n) is 5.33. The van der Waals surface area contributed by atoms with Crippen LogP contribution in [0, 0.1) is 17.2 Å². The average molecular weight is 394 g/mol. The molecule has 0 aliphatic rings. The minimum Gasteiger partial charge on any atom is -0.396 e. The zero-order valence-electron chi connectivity index (χ0n) is 17.5. The maximum atomic E-state index is 12.9. The SMILES string of the molecule is CC(C)C(C)(C#N)NC(=O)CN(CCCO)C(c1ccccc1)c1ccccc1. The number of amides is 1. The van der Waals surface area contributed by atoms with Crippen LogP contribution in [0.25, 0.3) is 0 Å². The van der Waals surface area contributed by atoms with E-state index in [1.807, 2.05) is 50.2 Å². The topological polar surface area (TPSA) is 76.4 Å². The van der Waals surface area contributed by atoms with Gasteiger partial charge in [-0.1, -0.05) is 74.5 Å². The number of hydrogen-bond acceptors (Lipinski definition) is 4. The first-order chi connectivity index (χ1) is 13.9. The van der Waals surface area contributed by atoms with Gasteiger partial charge in [0, 0.05) is 13.2 Å². The molecule has 0 bridgehead atoms. The molecule has 0 radical (unpaired) electrons. The van der Waals surface area contributed by atoms with E-state index < -0.39 is 5.54 Å². The first-order valence-electron chi connectivity index (χ1n) is 10.1. The summed E-state index contributed by atoms with van der Waals surface area (Å²) >= 11 is 0. The van der Waals surface area contributed by atoms with E-state index >= 15 is 0 Å². The van der Waals surface area contributed by atoms with Gasteiger partial charge in [0.2, 0.25) is 5.91 Å². The van der Waals surface area contributed by atoms with Crippen molar-refractivity contribution in [2.75, 3.05) is 19.7 Å². The van der Waals surface area contributed by atoms with Crippen molar-refractivity contribution in [1.82, 2.24) is 10.2 Å². The highest BCUT2D eigenvalue weighted by Gasteiger charge is 2.31. The first kappa shape index (κ1) is 22.6. The molecule has 1 atom stereocenters. The molecule has 0 fully saturated rings. The van der Waals surface area contributed by atoms with Gasteiger partial charge in [-0.15, -0.1) is 0 Å². The van der Waals surface area contributed by atoms with Crippen LogP contribution < -0.4 is 5.32 Å². The van der Waals surface area contributed by atoms with Crippen molar-refractivity contribution >= 4 is 5.91 Å². The Bertz CT molecular complexity index is 762. The van der Waals surface area contributed by atoms with E-state index in [1.54, 1.807) is 6.92 Å². The van der Waals surface area contributed by atoms with Crippen molar-refractivity contribution in [3.8, 4) is 6.07 Å². The van der Waals surface area contributed by atoms with Gasteiger partial charge in [-0.05, 0) is 30.4 Å². The van der Waals surface area contributed by atoms with Gasteiger partial charge in [0.25, 0.3) is 0 Å². The molecule has 5 heteroatoms. The number of nitrogens with zero attached hydrogens (tertiary/aromatic N) is 2. The summed E-state index contributed by atoms with van der Waals surface area (Å²) in [7, 11) is 0. The van der Waals surface area contributed by atoms with Crippen LogP contribution in [0.3, 0.4) is 0 Å². The van der Waals surface area contributed by atoms with Crippen LogP contribution >= 0.6 is 0 Å². The normalized spacial score (nSPS) is 13.3. The summed E-state index contributed by atoms with van der Waals surface area (Å²) in [5, 5.41) is 21.8. The molecule has 2 aromatic rings. The van der Waals surface area contributed by atoms with E-state index in [-0.39, 0.29) is 31.0 Å². The Morgan fingerprint density at radius 2 is 1.62 bits per heavy atom. The predicted octanol–water partition coefficient (Wildman–Crippen LogP) is 3.51. The van der Waals surface area contributed by atoms with Gasteiger partial charge < -0.3 is 10.4 Å². The molecule has 0 aromatic heterocycles. The number of benzene rings is 2. The molecule has 0 saturated carbocycles. The number of nitrogens with one attached hydrogen (secondary N) is 1. The van der Waals surface area contributed by atoms with Gasteiger partial charge in [-0.3, -0.25) is 9.69 Å². The highest BCUT2D eigenvalue weighted by atomic mass is 16.3. The molecular formula is C24H31N3O2. The van der Waals surface area contributed by atoms with E-state index in [0.29, 0.717) is 13.0 Å². The Morgan fingerprint density at radius 3 is 2.03 bits per heavy atom. The minimum absolute atomic E-state index is 0.0126. The van der Waals surface area contributed by atoms with Crippen molar-refractivity contribution in [2.24, 2.45) is 5.92 Å². The molecule has 5 nitrogen and oxygen atoms in total. The van der Waals surface area contributed by atoms with Crippen molar-refractivity contribution < 1.29 is 9.90 Å². The molecule has 154 valence electrons. The van der Waals surface area contributed by atoms with E-state index in [4.69, 9.17) is 0 Å². The number of rotatable bonds is 10. The van der Waals surface area contributed by atoms with Gasteiger partial charge in [0.05, 0.1) is 18.7 Å². The lowest BCUT2D eigenvalue weighted by molar-refractivity contribution is -0.124. The summed E-state index contributed by atoms with van der Waals surface area (Å²) < 4.78 is 0. The Balaban J connectivity index is 2.34. The monoisotopic (exact) mass is 393 g/mol. The standard InChI is InChI=1S/C24H31N3O2/c1-19(2)24(3,18-25)26-22(29)17-27(15-10-16-28)23(20-11-6-4-7-12-20)21-13-8-5-9-14-21/h4-9,11-14,19,23,28H,10,15-17H2,1-3H3,(H,26,29). The molecule has 0 heterocycles. The van der Waals surface area contributed by atoms with Crippen molar-refractivity contribution in [2.45, 2.75) is 38.8 Å².